The largest absolute Gasteiger partial charge is 0.494 e. The van der Waals surface area contributed by atoms with E-state index in [1.165, 1.54) is 11.0 Å². The van der Waals surface area contributed by atoms with Gasteiger partial charge in [-0.25, -0.2) is 4.98 Å². The predicted molar refractivity (Wildman–Crippen MR) is 111 cm³/mol. The summed E-state index contributed by atoms with van der Waals surface area (Å²) in [6.07, 6.45) is 1.38. The molecule has 0 bridgehead atoms. The Hall–Kier alpha value is -2.03. The summed E-state index contributed by atoms with van der Waals surface area (Å²) in [5.41, 5.74) is 2.04. The molecule has 4 rings (SSSR count). The SMILES string of the molecule is Cc1c(Cl)ccc2sc(N3CCN(CCNC(=O)C4=COCCO4)CC3)nc12. The predicted octanol–water partition coefficient (Wildman–Crippen LogP) is 2.38. The van der Waals surface area contributed by atoms with Crippen LogP contribution >= 0.6 is 22.9 Å². The van der Waals surface area contributed by atoms with Crippen molar-refractivity contribution in [2.75, 3.05) is 57.4 Å². The van der Waals surface area contributed by atoms with E-state index in [0.717, 1.165) is 54.0 Å². The van der Waals surface area contributed by atoms with Crippen molar-refractivity contribution in [2.45, 2.75) is 6.92 Å². The number of benzene rings is 1. The molecule has 0 atom stereocenters. The number of hydrogen-bond acceptors (Lipinski definition) is 7. The van der Waals surface area contributed by atoms with Crippen molar-refractivity contribution in [2.24, 2.45) is 0 Å². The van der Waals surface area contributed by atoms with Gasteiger partial charge in [-0.3, -0.25) is 9.69 Å². The van der Waals surface area contributed by atoms with Crippen molar-refractivity contribution in [1.29, 1.82) is 0 Å². The average molecular weight is 423 g/mol. The lowest BCUT2D eigenvalue weighted by Gasteiger charge is -2.34. The second kappa shape index (κ2) is 8.55. The van der Waals surface area contributed by atoms with Crippen molar-refractivity contribution in [3.63, 3.8) is 0 Å². The van der Waals surface area contributed by atoms with Gasteiger partial charge in [0.25, 0.3) is 5.91 Å². The van der Waals surface area contributed by atoms with Crippen LogP contribution in [-0.4, -0.2) is 68.3 Å². The van der Waals surface area contributed by atoms with E-state index in [1.54, 1.807) is 11.3 Å². The number of ether oxygens (including phenoxy) is 2. The molecule has 1 saturated heterocycles. The van der Waals surface area contributed by atoms with Gasteiger partial charge >= 0.3 is 0 Å². The van der Waals surface area contributed by atoms with Gasteiger partial charge in [0, 0.05) is 44.3 Å². The molecule has 1 amide bonds. The second-order valence-electron chi connectivity index (χ2n) is 6.80. The normalized spacial score (nSPS) is 17.8. The number of rotatable bonds is 5. The van der Waals surface area contributed by atoms with E-state index in [9.17, 15) is 4.79 Å². The second-order valence-corrected chi connectivity index (χ2v) is 8.22. The van der Waals surface area contributed by atoms with Gasteiger partial charge in [-0.15, -0.1) is 0 Å². The quantitative estimate of drug-likeness (QED) is 0.798. The standard InChI is InChI=1S/C19H23ClN4O3S/c1-13-14(20)2-3-16-17(13)22-19(28-16)24-8-6-23(7-9-24)5-4-21-18(25)15-12-26-10-11-27-15/h2-3,12H,4-11H2,1H3,(H,21,25). The highest BCUT2D eigenvalue weighted by atomic mass is 35.5. The monoisotopic (exact) mass is 422 g/mol. The first-order valence-electron chi connectivity index (χ1n) is 9.37. The lowest BCUT2D eigenvalue weighted by molar-refractivity contribution is -0.122. The number of carbonyl (C=O) groups excluding carboxylic acids is 1. The highest BCUT2D eigenvalue weighted by Crippen LogP contribution is 2.33. The molecular weight excluding hydrogens is 400 g/mol. The number of amides is 1. The number of nitrogens with zero attached hydrogens (tertiary/aromatic N) is 3. The molecule has 28 heavy (non-hydrogen) atoms. The molecule has 3 heterocycles. The maximum atomic E-state index is 12.0. The number of halogens is 1. The summed E-state index contributed by atoms with van der Waals surface area (Å²) in [6, 6.07) is 3.98. The number of fused-ring (bicyclic) bond motifs is 1. The Morgan fingerprint density at radius 1 is 1.29 bits per heavy atom. The maximum Gasteiger partial charge on any atom is 0.289 e. The lowest BCUT2D eigenvalue weighted by atomic mass is 10.2. The zero-order valence-corrected chi connectivity index (χ0v) is 17.3. The van der Waals surface area contributed by atoms with Crippen LogP contribution < -0.4 is 10.2 Å². The minimum atomic E-state index is -0.221. The summed E-state index contributed by atoms with van der Waals surface area (Å²) in [5, 5.41) is 4.69. The number of thiazole rings is 1. The fourth-order valence-corrected chi connectivity index (χ4v) is 4.52. The first kappa shape index (κ1) is 19.3. The summed E-state index contributed by atoms with van der Waals surface area (Å²) in [6.45, 7) is 8.02. The molecule has 1 N–H and O–H groups in total. The third-order valence-corrected chi connectivity index (χ3v) is 6.46. The fourth-order valence-electron chi connectivity index (χ4n) is 3.29. The van der Waals surface area contributed by atoms with Crippen LogP contribution in [0.5, 0.6) is 0 Å². The Balaban J connectivity index is 1.26. The summed E-state index contributed by atoms with van der Waals surface area (Å²) >= 11 is 7.93. The van der Waals surface area contributed by atoms with Crippen molar-refractivity contribution in [1.82, 2.24) is 15.2 Å². The molecular formula is C19H23ClN4O3S. The molecule has 7 nitrogen and oxygen atoms in total. The van der Waals surface area contributed by atoms with Gasteiger partial charge in [-0.05, 0) is 24.6 Å². The lowest BCUT2D eigenvalue weighted by Crippen LogP contribution is -2.48. The Morgan fingerprint density at radius 2 is 2.11 bits per heavy atom. The van der Waals surface area contributed by atoms with E-state index in [2.05, 4.69) is 15.1 Å². The first-order valence-corrected chi connectivity index (χ1v) is 10.6. The molecule has 150 valence electrons. The van der Waals surface area contributed by atoms with Crippen molar-refractivity contribution >= 4 is 44.2 Å². The minimum absolute atomic E-state index is 0.221. The summed E-state index contributed by atoms with van der Waals surface area (Å²) in [4.78, 5) is 21.5. The number of aryl methyl sites for hydroxylation is 1. The van der Waals surface area contributed by atoms with E-state index in [-0.39, 0.29) is 11.7 Å². The number of piperazine rings is 1. The smallest absolute Gasteiger partial charge is 0.289 e. The van der Waals surface area contributed by atoms with Gasteiger partial charge < -0.3 is 19.7 Å². The van der Waals surface area contributed by atoms with Crippen molar-refractivity contribution < 1.29 is 14.3 Å². The Kier molecular flexibility index (Phi) is 5.89. The summed E-state index contributed by atoms with van der Waals surface area (Å²) in [5.74, 6) is 0.0316. The molecule has 2 aliphatic heterocycles. The summed E-state index contributed by atoms with van der Waals surface area (Å²) < 4.78 is 11.6. The molecule has 0 spiro atoms. The van der Waals surface area contributed by atoms with Gasteiger partial charge in [-0.1, -0.05) is 22.9 Å². The van der Waals surface area contributed by atoms with Crippen molar-refractivity contribution in [3.05, 3.63) is 34.7 Å². The van der Waals surface area contributed by atoms with Crippen LogP contribution in [0, 0.1) is 6.92 Å². The highest BCUT2D eigenvalue weighted by molar-refractivity contribution is 7.22. The number of aromatic nitrogens is 1. The van der Waals surface area contributed by atoms with Crippen LogP contribution in [0.1, 0.15) is 5.56 Å². The topological polar surface area (TPSA) is 66.9 Å². The molecule has 0 radical (unpaired) electrons. The van der Waals surface area contributed by atoms with E-state index >= 15 is 0 Å². The molecule has 1 aromatic heterocycles. The fraction of sp³-hybridized carbons (Fsp3) is 0.474. The molecule has 0 saturated carbocycles. The van der Waals surface area contributed by atoms with E-state index in [1.807, 2.05) is 19.1 Å². The van der Waals surface area contributed by atoms with Gasteiger partial charge in [0.1, 0.15) is 19.5 Å². The Bertz CT molecular complexity index is 893. The summed E-state index contributed by atoms with van der Waals surface area (Å²) in [7, 11) is 0. The maximum absolute atomic E-state index is 12.0. The van der Waals surface area contributed by atoms with Crippen LogP contribution in [-0.2, 0) is 14.3 Å². The zero-order valence-electron chi connectivity index (χ0n) is 15.7. The Morgan fingerprint density at radius 3 is 2.86 bits per heavy atom. The van der Waals surface area contributed by atoms with Gasteiger partial charge in [-0.2, -0.15) is 0 Å². The van der Waals surface area contributed by atoms with Crippen molar-refractivity contribution in [3.8, 4) is 0 Å². The molecule has 9 heteroatoms. The van der Waals surface area contributed by atoms with E-state index in [0.29, 0.717) is 19.8 Å². The molecule has 1 fully saturated rings. The average Bonchev–Trinajstić information content (AvgIpc) is 3.17. The van der Waals surface area contributed by atoms with Gasteiger partial charge in [0.15, 0.2) is 5.13 Å². The first-order chi connectivity index (χ1) is 13.6. The number of carbonyl (C=O) groups is 1. The molecule has 2 aliphatic rings. The molecule has 0 aliphatic carbocycles. The van der Waals surface area contributed by atoms with Crippen LogP contribution in [0.15, 0.2) is 24.2 Å². The van der Waals surface area contributed by atoms with Gasteiger partial charge in [0.05, 0.1) is 10.2 Å². The third kappa shape index (κ3) is 4.19. The minimum Gasteiger partial charge on any atom is -0.494 e. The number of nitrogens with one attached hydrogen (secondary N) is 1. The van der Waals surface area contributed by atoms with E-state index in [4.69, 9.17) is 26.1 Å². The number of anilines is 1. The van der Waals surface area contributed by atoms with Crippen LogP contribution in [0.25, 0.3) is 10.2 Å². The van der Waals surface area contributed by atoms with Crippen LogP contribution in [0.2, 0.25) is 5.02 Å². The highest BCUT2D eigenvalue weighted by Gasteiger charge is 2.21. The van der Waals surface area contributed by atoms with Gasteiger partial charge in [0.2, 0.25) is 5.76 Å². The van der Waals surface area contributed by atoms with Crippen LogP contribution in [0.3, 0.4) is 0 Å². The Labute approximate surface area is 172 Å². The third-order valence-electron chi connectivity index (χ3n) is 4.97. The van der Waals surface area contributed by atoms with E-state index < -0.39 is 0 Å². The molecule has 0 unspecified atom stereocenters. The molecule has 1 aromatic carbocycles. The zero-order chi connectivity index (χ0) is 19.5. The number of hydrogen-bond donors (Lipinski definition) is 1. The van der Waals surface area contributed by atoms with Crippen LogP contribution in [0.4, 0.5) is 5.13 Å². The molecule has 2 aromatic rings.